The number of likely N-dealkylation sites (tertiary alicyclic amines) is 1. The van der Waals surface area contributed by atoms with Crippen molar-refractivity contribution in [2.75, 3.05) is 19.6 Å². The van der Waals surface area contributed by atoms with Crippen LogP contribution in [0.1, 0.15) is 18.4 Å². The molecule has 0 radical (unpaired) electrons. The van der Waals surface area contributed by atoms with Gasteiger partial charge in [-0.15, -0.1) is 0 Å². The molecule has 0 saturated carbocycles. The fraction of sp³-hybridized carbons (Fsp3) is 0.333. The molecule has 2 aliphatic rings. The Kier molecular flexibility index (Phi) is 4.96. The van der Waals surface area contributed by atoms with E-state index in [0.717, 1.165) is 48.3 Å². The molecule has 0 aromatic carbocycles. The zero-order valence-electron chi connectivity index (χ0n) is 14.1. The Hall–Kier alpha value is -2.60. The molecule has 1 aromatic heterocycles. The van der Waals surface area contributed by atoms with Gasteiger partial charge in [0.15, 0.2) is 0 Å². The summed E-state index contributed by atoms with van der Waals surface area (Å²) in [6.07, 6.45) is 13.8. The molecule has 6 heteroatoms. The van der Waals surface area contributed by atoms with Gasteiger partial charge in [0.2, 0.25) is 0 Å². The number of aromatic nitrogens is 2. The molecule has 0 atom stereocenters. The highest BCUT2D eigenvalue weighted by Gasteiger charge is 2.23. The van der Waals surface area contributed by atoms with Crippen LogP contribution in [0.4, 0.5) is 0 Å². The van der Waals surface area contributed by atoms with E-state index < -0.39 is 0 Å². The van der Waals surface area contributed by atoms with Crippen molar-refractivity contribution < 1.29 is 0 Å². The Morgan fingerprint density at radius 3 is 3.08 bits per heavy atom. The Balaban J connectivity index is 1.85. The maximum Gasteiger partial charge on any atom is 0.0568 e. The van der Waals surface area contributed by atoms with Crippen molar-refractivity contribution in [3.8, 4) is 0 Å². The molecule has 2 aliphatic heterocycles. The first kappa shape index (κ1) is 16.3. The lowest BCUT2D eigenvalue weighted by Crippen LogP contribution is -2.21. The fourth-order valence-electron chi connectivity index (χ4n) is 3.03. The van der Waals surface area contributed by atoms with Crippen molar-refractivity contribution in [1.29, 1.82) is 0 Å². The van der Waals surface area contributed by atoms with E-state index in [-0.39, 0.29) is 0 Å². The predicted octanol–water partition coefficient (Wildman–Crippen LogP) is 1.77. The van der Waals surface area contributed by atoms with Gasteiger partial charge in [0.1, 0.15) is 0 Å². The van der Waals surface area contributed by atoms with Crippen LogP contribution in [0.15, 0.2) is 59.3 Å². The van der Waals surface area contributed by atoms with E-state index >= 15 is 0 Å². The average Bonchev–Trinajstić information content (AvgIpc) is 3.19. The molecule has 0 spiro atoms. The van der Waals surface area contributed by atoms with Gasteiger partial charge in [0.05, 0.1) is 6.20 Å². The number of allylic oxidation sites excluding steroid dienone is 2. The molecular weight excluding hydrogens is 300 g/mol. The number of hydrogen-bond acceptors (Lipinski definition) is 5. The summed E-state index contributed by atoms with van der Waals surface area (Å²) in [4.78, 5) is 2.35. The number of rotatable bonds is 4. The van der Waals surface area contributed by atoms with E-state index in [1.807, 2.05) is 31.7 Å². The van der Waals surface area contributed by atoms with E-state index in [9.17, 15) is 0 Å². The number of hydrogen-bond donors (Lipinski definition) is 2. The van der Waals surface area contributed by atoms with Crippen molar-refractivity contribution in [2.45, 2.75) is 12.8 Å². The standard InChI is InChI=1S/C18H24N6/c1-14-17(16-10-22-23(2)13-16)11-21-20-8-5-18(14)24-9-6-15(12-24)4-3-7-19/h4-5,8,10-11,13,21H,1,3,6-7,9,12,19H2,2H3/b15-4-,17-11+,18-5?,20-8-. The first-order valence-electron chi connectivity index (χ1n) is 8.19. The second-order valence-corrected chi connectivity index (χ2v) is 6.01. The molecule has 0 unspecified atom stereocenters. The van der Waals surface area contributed by atoms with Crippen LogP contribution < -0.4 is 11.2 Å². The SMILES string of the molecule is C=C1C(N2CC/C(=C/CCN)C2)=C/C=N\N/C=C\1c1cnn(C)c1. The van der Waals surface area contributed by atoms with Gasteiger partial charge < -0.3 is 10.6 Å². The summed E-state index contributed by atoms with van der Waals surface area (Å²) >= 11 is 0. The van der Waals surface area contributed by atoms with E-state index in [1.165, 1.54) is 5.57 Å². The fourth-order valence-corrected chi connectivity index (χ4v) is 3.03. The molecule has 24 heavy (non-hydrogen) atoms. The molecule has 1 fully saturated rings. The van der Waals surface area contributed by atoms with Crippen LogP contribution in [0, 0.1) is 0 Å². The third kappa shape index (κ3) is 3.49. The van der Waals surface area contributed by atoms with Crippen LogP contribution in [0.2, 0.25) is 0 Å². The van der Waals surface area contributed by atoms with Crippen LogP contribution in [-0.2, 0) is 7.05 Å². The highest BCUT2D eigenvalue weighted by atomic mass is 15.3. The molecule has 6 nitrogen and oxygen atoms in total. The van der Waals surface area contributed by atoms with Crippen molar-refractivity contribution in [1.82, 2.24) is 20.1 Å². The summed E-state index contributed by atoms with van der Waals surface area (Å²) in [5, 5.41) is 8.45. The van der Waals surface area contributed by atoms with Gasteiger partial charge in [0.25, 0.3) is 0 Å². The predicted molar refractivity (Wildman–Crippen MR) is 98.0 cm³/mol. The van der Waals surface area contributed by atoms with Crippen molar-refractivity contribution in [2.24, 2.45) is 17.9 Å². The first-order valence-corrected chi connectivity index (χ1v) is 8.19. The number of nitrogens with zero attached hydrogens (tertiary/aromatic N) is 4. The van der Waals surface area contributed by atoms with Gasteiger partial charge in [-0.1, -0.05) is 18.2 Å². The van der Waals surface area contributed by atoms with Crippen LogP contribution in [0.5, 0.6) is 0 Å². The Morgan fingerprint density at radius 2 is 2.33 bits per heavy atom. The van der Waals surface area contributed by atoms with Crippen LogP contribution in [0.3, 0.4) is 0 Å². The second-order valence-electron chi connectivity index (χ2n) is 6.01. The van der Waals surface area contributed by atoms with Crippen molar-refractivity contribution in [3.05, 3.63) is 59.7 Å². The second kappa shape index (κ2) is 7.31. The molecule has 3 heterocycles. The number of aryl methyl sites for hydroxylation is 1. The molecule has 126 valence electrons. The van der Waals surface area contributed by atoms with Crippen LogP contribution >= 0.6 is 0 Å². The Morgan fingerprint density at radius 1 is 1.46 bits per heavy atom. The average molecular weight is 324 g/mol. The summed E-state index contributed by atoms with van der Waals surface area (Å²) in [5.41, 5.74) is 14.1. The van der Waals surface area contributed by atoms with Crippen molar-refractivity contribution in [3.63, 3.8) is 0 Å². The summed E-state index contributed by atoms with van der Waals surface area (Å²) in [6, 6.07) is 0. The molecule has 3 rings (SSSR count). The third-order valence-electron chi connectivity index (χ3n) is 4.28. The zero-order valence-corrected chi connectivity index (χ0v) is 14.1. The van der Waals surface area contributed by atoms with Crippen LogP contribution in [-0.4, -0.2) is 40.5 Å². The third-order valence-corrected chi connectivity index (χ3v) is 4.28. The van der Waals surface area contributed by atoms with Gasteiger partial charge in [0, 0.05) is 61.2 Å². The van der Waals surface area contributed by atoms with Gasteiger partial charge in [-0.25, -0.2) is 0 Å². The monoisotopic (exact) mass is 324 g/mol. The van der Waals surface area contributed by atoms with Gasteiger partial charge in [-0.05, 0) is 25.5 Å². The molecule has 0 amide bonds. The number of nitrogens with one attached hydrogen (secondary N) is 1. The summed E-state index contributed by atoms with van der Waals surface area (Å²) < 4.78 is 1.79. The molecule has 1 saturated heterocycles. The van der Waals surface area contributed by atoms with Crippen molar-refractivity contribution >= 4 is 11.8 Å². The van der Waals surface area contributed by atoms with E-state index in [0.29, 0.717) is 6.54 Å². The smallest absolute Gasteiger partial charge is 0.0568 e. The molecule has 0 aliphatic carbocycles. The van der Waals surface area contributed by atoms with Gasteiger partial charge >= 0.3 is 0 Å². The van der Waals surface area contributed by atoms with E-state index in [2.05, 4.69) is 33.2 Å². The lowest BCUT2D eigenvalue weighted by Gasteiger charge is -2.24. The maximum atomic E-state index is 5.61. The summed E-state index contributed by atoms with van der Waals surface area (Å²) in [5.74, 6) is 0. The summed E-state index contributed by atoms with van der Waals surface area (Å²) in [7, 11) is 1.91. The normalized spacial score (nSPS) is 23.3. The first-order chi connectivity index (χ1) is 11.7. The number of hydrazone groups is 1. The molecule has 3 N–H and O–H groups in total. The molecular formula is C18H24N6. The highest BCUT2D eigenvalue weighted by Crippen LogP contribution is 2.32. The van der Waals surface area contributed by atoms with E-state index in [1.54, 1.807) is 10.9 Å². The zero-order chi connectivity index (χ0) is 16.9. The quantitative estimate of drug-likeness (QED) is 0.828. The number of nitrogens with two attached hydrogens (primary N) is 1. The highest BCUT2D eigenvalue weighted by molar-refractivity contribution is 5.86. The lowest BCUT2D eigenvalue weighted by molar-refractivity contribution is 0.444. The van der Waals surface area contributed by atoms with Gasteiger partial charge in [-0.3, -0.25) is 10.1 Å². The lowest BCUT2D eigenvalue weighted by atomic mass is 9.99. The Labute approximate surface area is 142 Å². The van der Waals surface area contributed by atoms with Crippen LogP contribution in [0.25, 0.3) is 5.57 Å². The van der Waals surface area contributed by atoms with Gasteiger partial charge in [-0.2, -0.15) is 10.2 Å². The molecule has 0 bridgehead atoms. The largest absolute Gasteiger partial charge is 0.367 e. The minimum absolute atomic E-state index is 0.700. The maximum absolute atomic E-state index is 5.61. The Bertz CT molecular complexity index is 734. The summed E-state index contributed by atoms with van der Waals surface area (Å²) in [6.45, 7) is 6.95. The molecule has 1 aromatic rings. The minimum Gasteiger partial charge on any atom is -0.367 e. The topological polar surface area (TPSA) is 71.5 Å². The minimum atomic E-state index is 0.700. The van der Waals surface area contributed by atoms with E-state index in [4.69, 9.17) is 5.73 Å².